The number of rotatable bonds is 5. The number of ether oxygens (including phenoxy) is 1. The van der Waals surface area contributed by atoms with Crippen LogP contribution in [0.2, 0.25) is 5.02 Å². The van der Waals surface area contributed by atoms with Gasteiger partial charge in [0.2, 0.25) is 11.8 Å². The van der Waals surface area contributed by atoms with E-state index in [4.69, 9.17) is 16.3 Å². The summed E-state index contributed by atoms with van der Waals surface area (Å²) in [5.41, 5.74) is 3.93. The van der Waals surface area contributed by atoms with Crippen molar-refractivity contribution in [2.45, 2.75) is 6.42 Å². The summed E-state index contributed by atoms with van der Waals surface area (Å²) in [5, 5.41) is 4.49. The predicted octanol–water partition coefficient (Wildman–Crippen LogP) is 2.85. The van der Waals surface area contributed by atoms with Crippen molar-refractivity contribution in [3.63, 3.8) is 0 Å². The van der Waals surface area contributed by atoms with Crippen LogP contribution in [0.5, 0.6) is 5.75 Å². The molecule has 0 aromatic heterocycles. The van der Waals surface area contributed by atoms with Crippen LogP contribution < -0.4 is 15.1 Å². The van der Waals surface area contributed by atoms with Crippen molar-refractivity contribution in [1.29, 1.82) is 0 Å². The summed E-state index contributed by atoms with van der Waals surface area (Å²) in [7, 11) is 1.58. The number of nitrogens with zero attached hydrogens (tertiary/aromatic N) is 2. The summed E-state index contributed by atoms with van der Waals surface area (Å²) in [5.74, 6) is -0.125. The zero-order chi connectivity index (χ0) is 18.5. The Labute approximate surface area is 156 Å². The van der Waals surface area contributed by atoms with E-state index in [9.17, 15) is 9.59 Å². The van der Waals surface area contributed by atoms with Crippen LogP contribution in [-0.2, 0) is 9.59 Å². The maximum absolute atomic E-state index is 12.3. The number of halogens is 1. The smallest absolute Gasteiger partial charge is 0.245 e. The number of hydrazone groups is 1. The first-order chi connectivity index (χ1) is 12.6. The van der Waals surface area contributed by atoms with Crippen molar-refractivity contribution in [2.24, 2.45) is 11.0 Å². The zero-order valence-electron chi connectivity index (χ0n) is 14.2. The first-order valence-corrected chi connectivity index (χ1v) is 8.48. The minimum Gasteiger partial charge on any atom is -0.497 e. The highest BCUT2D eigenvalue weighted by molar-refractivity contribution is 6.33. The molecular weight excluding hydrogens is 354 g/mol. The molecule has 0 unspecified atom stereocenters. The first kappa shape index (κ1) is 17.9. The second kappa shape index (κ2) is 8.01. The Bertz CT molecular complexity index is 836. The van der Waals surface area contributed by atoms with E-state index in [1.54, 1.807) is 48.4 Å². The molecule has 1 aliphatic rings. The first-order valence-electron chi connectivity index (χ1n) is 8.10. The van der Waals surface area contributed by atoms with Crippen LogP contribution in [0.25, 0.3) is 0 Å². The van der Waals surface area contributed by atoms with Gasteiger partial charge in [-0.25, -0.2) is 5.43 Å². The lowest BCUT2D eigenvalue weighted by molar-refractivity contribution is -0.126. The Morgan fingerprint density at radius 1 is 1.27 bits per heavy atom. The minimum atomic E-state index is -0.451. The van der Waals surface area contributed by atoms with Crippen molar-refractivity contribution in [3.05, 3.63) is 59.1 Å². The number of carbonyl (C=O) groups excluding carboxylic acids is 2. The fourth-order valence-corrected chi connectivity index (χ4v) is 2.92. The zero-order valence-corrected chi connectivity index (χ0v) is 14.9. The summed E-state index contributed by atoms with van der Waals surface area (Å²) < 4.78 is 5.11. The van der Waals surface area contributed by atoms with E-state index in [0.717, 1.165) is 5.69 Å². The lowest BCUT2D eigenvalue weighted by Gasteiger charge is -2.16. The van der Waals surface area contributed by atoms with Crippen molar-refractivity contribution >= 4 is 35.3 Å². The lowest BCUT2D eigenvalue weighted by atomic mass is 10.1. The normalized spacial score (nSPS) is 16.9. The molecule has 2 aromatic rings. The van der Waals surface area contributed by atoms with E-state index in [0.29, 0.717) is 22.9 Å². The number of anilines is 1. The summed E-state index contributed by atoms with van der Waals surface area (Å²) in [6.07, 6.45) is 1.64. The lowest BCUT2D eigenvalue weighted by Crippen LogP contribution is -2.30. The number of carbonyl (C=O) groups is 2. The second-order valence-electron chi connectivity index (χ2n) is 5.86. The molecule has 2 aromatic carbocycles. The molecule has 1 heterocycles. The highest BCUT2D eigenvalue weighted by Gasteiger charge is 2.35. The van der Waals surface area contributed by atoms with E-state index in [1.807, 2.05) is 12.1 Å². The molecule has 0 saturated carbocycles. The molecule has 1 aliphatic heterocycles. The molecule has 134 valence electrons. The molecule has 1 saturated heterocycles. The molecule has 1 N–H and O–H groups in total. The topological polar surface area (TPSA) is 71.0 Å². The van der Waals surface area contributed by atoms with Crippen LogP contribution in [-0.4, -0.2) is 31.7 Å². The van der Waals surface area contributed by atoms with Gasteiger partial charge >= 0.3 is 0 Å². The Hall–Kier alpha value is -2.86. The predicted molar refractivity (Wildman–Crippen MR) is 101 cm³/mol. The highest BCUT2D eigenvalue weighted by Crippen LogP contribution is 2.26. The Kier molecular flexibility index (Phi) is 5.53. The van der Waals surface area contributed by atoms with Crippen molar-refractivity contribution in [3.8, 4) is 5.75 Å². The molecule has 26 heavy (non-hydrogen) atoms. The molecule has 7 heteroatoms. The van der Waals surface area contributed by atoms with Gasteiger partial charge in [-0.1, -0.05) is 29.8 Å². The van der Waals surface area contributed by atoms with Gasteiger partial charge < -0.3 is 9.64 Å². The van der Waals surface area contributed by atoms with E-state index in [1.165, 1.54) is 6.21 Å². The van der Waals surface area contributed by atoms with E-state index >= 15 is 0 Å². The SMILES string of the molecule is COc1ccc(N2C[C@@H](C(=O)N/N=C\c3ccccc3Cl)CC2=O)cc1. The molecule has 0 spiro atoms. The maximum Gasteiger partial charge on any atom is 0.245 e. The average Bonchev–Trinajstić information content (AvgIpc) is 3.05. The number of nitrogens with one attached hydrogen (secondary N) is 1. The quantitative estimate of drug-likeness (QED) is 0.649. The van der Waals surface area contributed by atoms with Gasteiger partial charge in [-0.15, -0.1) is 0 Å². The van der Waals surface area contributed by atoms with Gasteiger partial charge in [0.15, 0.2) is 0 Å². The Morgan fingerprint density at radius 3 is 2.69 bits per heavy atom. The van der Waals surface area contributed by atoms with E-state index < -0.39 is 5.92 Å². The van der Waals surface area contributed by atoms with Crippen LogP contribution in [0.1, 0.15) is 12.0 Å². The van der Waals surface area contributed by atoms with Gasteiger partial charge in [0.1, 0.15) is 5.75 Å². The molecule has 6 nitrogen and oxygen atoms in total. The van der Waals surface area contributed by atoms with Gasteiger partial charge in [-0.05, 0) is 30.3 Å². The van der Waals surface area contributed by atoms with E-state index in [2.05, 4.69) is 10.5 Å². The largest absolute Gasteiger partial charge is 0.497 e. The summed E-state index contributed by atoms with van der Waals surface area (Å²) >= 11 is 6.03. The third-order valence-electron chi connectivity index (χ3n) is 4.16. The third kappa shape index (κ3) is 4.03. The van der Waals surface area contributed by atoms with Gasteiger partial charge in [0.05, 0.1) is 19.2 Å². The summed E-state index contributed by atoms with van der Waals surface area (Å²) in [6, 6.07) is 14.3. The number of benzene rings is 2. The molecule has 0 bridgehead atoms. The standard InChI is InChI=1S/C19H18ClN3O3/c1-26-16-8-6-15(7-9-16)23-12-14(10-18(23)24)19(25)22-21-11-13-4-2-3-5-17(13)20/h2-9,11,14H,10,12H2,1H3,(H,22,25)/b21-11-/t14-/m0/s1. The van der Waals surface area contributed by atoms with Crippen LogP contribution >= 0.6 is 11.6 Å². The molecule has 3 rings (SSSR count). The molecule has 1 fully saturated rings. The van der Waals surface area contributed by atoms with Crippen LogP contribution in [0.4, 0.5) is 5.69 Å². The van der Waals surface area contributed by atoms with Gasteiger partial charge in [0, 0.05) is 29.2 Å². The average molecular weight is 372 g/mol. The van der Waals surface area contributed by atoms with Crippen LogP contribution in [0.3, 0.4) is 0 Å². The third-order valence-corrected chi connectivity index (χ3v) is 4.51. The molecule has 2 amide bonds. The molecule has 0 radical (unpaired) electrons. The number of hydrogen-bond donors (Lipinski definition) is 1. The molecule has 1 atom stereocenters. The van der Waals surface area contributed by atoms with Crippen LogP contribution in [0.15, 0.2) is 53.6 Å². The Balaban J connectivity index is 1.60. The number of methoxy groups -OCH3 is 1. The van der Waals surface area contributed by atoms with Crippen LogP contribution in [0, 0.1) is 5.92 Å². The van der Waals surface area contributed by atoms with Crippen molar-refractivity contribution in [2.75, 3.05) is 18.6 Å². The summed E-state index contributed by atoms with van der Waals surface area (Å²) in [6.45, 7) is 0.318. The molecule has 0 aliphatic carbocycles. The van der Waals surface area contributed by atoms with Crippen molar-refractivity contribution in [1.82, 2.24) is 5.43 Å². The molecular formula is C19H18ClN3O3. The number of hydrogen-bond acceptors (Lipinski definition) is 4. The maximum atomic E-state index is 12.3. The monoisotopic (exact) mass is 371 g/mol. The van der Waals surface area contributed by atoms with E-state index in [-0.39, 0.29) is 18.2 Å². The summed E-state index contributed by atoms with van der Waals surface area (Å²) in [4.78, 5) is 26.1. The second-order valence-corrected chi connectivity index (χ2v) is 6.27. The van der Waals surface area contributed by atoms with Gasteiger partial charge in [-0.2, -0.15) is 5.10 Å². The highest BCUT2D eigenvalue weighted by atomic mass is 35.5. The number of amides is 2. The van der Waals surface area contributed by atoms with Gasteiger partial charge in [0.25, 0.3) is 0 Å². The minimum absolute atomic E-state index is 0.0922. The fraction of sp³-hybridized carbons (Fsp3) is 0.211. The van der Waals surface area contributed by atoms with Gasteiger partial charge in [-0.3, -0.25) is 9.59 Å². The Morgan fingerprint density at radius 2 is 2.00 bits per heavy atom. The fourth-order valence-electron chi connectivity index (χ4n) is 2.73. The van der Waals surface area contributed by atoms with Crippen molar-refractivity contribution < 1.29 is 14.3 Å².